The van der Waals surface area contributed by atoms with Gasteiger partial charge in [-0.15, -0.1) is 0 Å². The Hall–Kier alpha value is -0.520. The van der Waals surface area contributed by atoms with Gasteiger partial charge in [0.1, 0.15) is 0 Å². The number of hydrogen-bond acceptors (Lipinski definition) is 0. The minimum absolute atomic E-state index is 1.29. The van der Waals surface area contributed by atoms with E-state index in [1.54, 1.807) is 0 Å². The number of rotatable bonds is 19. The molecule has 0 rings (SSSR count). The van der Waals surface area contributed by atoms with Gasteiger partial charge < -0.3 is 0 Å². The molecule has 0 fully saturated rings. The summed E-state index contributed by atoms with van der Waals surface area (Å²) in [7, 11) is 0. The molecule has 0 aliphatic rings. The van der Waals surface area contributed by atoms with E-state index in [0.717, 1.165) is 0 Å². The predicted octanol–water partition coefficient (Wildman–Crippen LogP) is 9.16. The maximum Gasteiger partial charge on any atom is -0.0351 e. The van der Waals surface area contributed by atoms with Crippen molar-refractivity contribution in [2.45, 2.75) is 129 Å². The molecule has 0 amide bonds. The van der Waals surface area contributed by atoms with Gasteiger partial charge in [-0.2, -0.15) is 0 Å². The van der Waals surface area contributed by atoms with Crippen LogP contribution in [0.2, 0.25) is 0 Å². The van der Waals surface area contributed by atoms with Crippen molar-refractivity contribution in [2.24, 2.45) is 0 Å². The number of hydrogen-bond donors (Lipinski definition) is 0. The molecule has 0 nitrogen and oxygen atoms in total. The highest BCUT2D eigenvalue weighted by atomic mass is 14.0. The molecule has 0 aromatic heterocycles. The Morgan fingerprint density at radius 1 is 0.333 bits per heavy atom. The first-order valence-electron chi connectivity index (χ1n) is 11.2. The topological polar surface area (TPSA) is 0 Å². The molecule has 0 aliphatic carbocycles. The van der Waals surface area contributed by atoms with Crippen LogP contribution in [0.3, 0.4) is 0 Å². The lowest BCUT2D eigenvalue weighted by molar-refractivity contribution is 0.571. The summed E-state index contributed by atoms with van der Waals surface area (Å²) < 4.78 is 0. The Kier molecular flexibility index (Phi) is 22.0. The van der Waals surface area contributed by atoms with Gasteiger partial charge in [-0.05, 0) is 51.4 Å². The smallest absolute Gasteiger partial charge is 0.0351 e. The van der Waals surface area contributed by atoms with Crippen molar-refractivity contribution < 1.29 is 0 Å². The van der Waals surface area contributed by atoms with E-state index in [1.807, 2.05) is 0 Å². The van der Waals surface area contributed by atoms with Crippen LogP contribution >= 0.6 is 0 Å². The molecule has 0 N–H and O–H groups in total. The zero-order valence-corrected chi connectivity index (χ0v) is 17.0. The maximum atomic E-state index is 2.41. The molecule has 0 aliphatic heterocycles. The van der Waals surface area contributed by atoms with Crippen molar-refractivity contribution in [3.8, 4) is 0 Å². The van der Waals surface area contributed by atoms with Crippen molar-refractivity contribution in [1.29, 1.82) is 0 Å². The van der Waals surface area contributed by atoms with Crippen LogP contribution in [0.5, 0.6) is 0 Å². The van der Waals surface area contributed by atoms with Crippen molar-refractivity contribution in [1.82, 2.24) is 0 Å². The van der Waals surface area contributed by atoms with Gasteiger partial charge in [0.2, 0.25) is 0 Å². The second kappa shape index (κ2) is 22.5. The van der Waals surface area contributed by atoms with E-state index in [0.29, 0.717) is 0 Å². The Morgan fingerprint density at radius 3 is 0.875 bits per heavy atom. The second-order valence-corrected chi connectivity index (χ2v) is 7.34. The van der Waals surface area contributed by atoms with Gasteiger partial charge in [-0.1, -0.05) is 102 Å². The molecular weight excluding hydrogens is 288 g/mol. The molecule has 0 spiro atoms. The van der Waals surface area contributed by atoms with E-state index in [9.17, 15) is 0 Å². The van der Waals surface area contributed by atoms with Crippen LogP contribution in [0.15, 0.2) is 24.3 Å². The molecule has 0 bridgehead atoms. The molecule has 0 saturated carbocycles. The fourth-order valence-electron chi connectivity index (χ4n) is 3.08. The summed E-state index contributed by atoms with van der Waals surface area (Å²) in [6.45, 7) is 4.55. The van der Waals surface area contributed by atoms with Gasteiger partial charge in [0.15, 0.2) is 0 Å². The van der Waals surface area contributed by atoms with E-state index in [-0.39, 0.29) is 0 Å². The second-order valence-electron chi connectivity index (χ2n) is 7.34. The van der Waals surface area contributed by atoms with Crippen molar-refractivity contribution in [3.05, 3.63) is 24.3 Å². The number of allylic oxidation sites excluding steroid dienone is 4. The summed E-state index contributed by atoms with van der Waals surface area (Å²) in [5.41, 5.74) is 0. The molecule has 0 heteroatoms. The van der Waals surface area contributed by atoms with Crippen molar-refractivity contribution in [2.75, 3.05) is 0 Å². The number of unbranched alkanes of at least 4 members (excludes halogenated alkanes) is 15. The van der Waals surface area contributed by atoms with Gasteiger partial charge in [0.05, 0.1) is 0 Å². The highest BCUT2D eigenvalue weighted by molar-refractivity contribution is 4.81. The van der Waals surface area contributed by atoms with Crippen LogP contribution in [0.4, 0.5) is 0 Å². The van der Waals surface area contributed by atoms with Gasteiger partial charge in [0.25, 0.3) is 0 Å². The summed E-state index contributed by atoms with van der Waals surface area (Å²) in [6.07, 6.45) is 34.5. The molecule has 142 valence electrons. The predicted molar refractivity (Wildman–Crippen MR) is 113 cm³/mol. The minimum atomic E-state index is 1.29. The van der Waals surface area contributed by atoms with E-state index in [1.165, 1.54) is 116 Å². The quantitative estimate of drug-likeness (QED) is 0.163. The molecule has 0 saturated heterocycles. The molecule has 0 aromatic rings. The van der Waals surface area contributed by atoms with Gasteiger partial charge in [-0.25, -0.2) is 0 Å². The normalized spacial score (nSPS) is 11.9. The first-order chi connectivity index (χ1) is 11.9. The van der Waals surface area contributed by atoms with Crippen molar-refractivity contribution in [3.63, 3.8) is 0 Å². The fourth-order valence-corrected chi connectivity index (χ4v) is 3.08. The maximum absolute atomic E-state index is 2.41. The van der Waals surface area contributed by atoms with Gasteiger partial charge >= 0.3 is 0 Å². The van der Waals surface area contributed by atoms with E-state index in [2.05, 4.69) is 38.2 Å². The van der Waals surface area contributed by atoms with E-state index in [4.69, 9.17) is 0 Å². The van der Waals surface area contributed by atoms with Crippen LogP contribution in [0, 0.1) is 0 Å². The zero-order chi connectivity index (χ0) is 17.6. The highest BCUT2D eigenvalue weighted by Gasteiger charge is 1.92. The first-order valence-corrected chi connectivity index (χ1v) is 11.2. The Balaban J connectivity index is 3.07. The third-order valence-corrected chi connectivity index (χ3v) is 4.77. The third-order valence-electron chi connectivity index (χ3n) is 4.77. The molecule has 0 unspecified atom stereocenters. The Labute approximate surface area is 154 Å². The molecule has 24 heavy (non-hydrogen) atoms. The fraction of sp³-hybridized carbons (Fsp3) is 0.833. The van der Waals surface area contributed by atoms with E-state index < -0.39 is 0 Å². The van der Waals surface area contributed by atoms with Crippen LogP contribution in [0.25, 0.3) is 0 Å². The summed E-state index contributed by atoms with van der Waals surface area (Å²) in [4.78, 5) is 0. The van der Waals surface area contributed by atoms with Crippen LogP contribution in [-0.2, 0) is 0 Å². The average Bonchev–Trinajstić information content (AvgIpc) is 2.60. The lowest BCUT2D eigenvalue weighted by Crippen LogP contribution is -1.81. The average molecular weight is 335 g/mol. The highest BCUT2D eigenvalue weighted by Crippen LogP contribution is 2.11. The summed E-state index contributed by atoms with van der Waals surface area (Å²) >= 11 is 0. The SMILES string of the molecule is CCCCCC=CCCCCCCCCCCC=CCCCCC. The molecule has 0 radical (unpaired) electrons. The lowest BCUT2D eigenvalue weighted by Gasteiger charge is -2.01. The summed E-state index contributed by atoms with van der Waals surface area (Å²) in [6, 6.07) is 0. The first kappa shape index (κ1) is 23.5. The Bertz CT molecular complexity index is 233. The summed E-state index contributed by atoms with van der Waals surface area (Å²) in [5.74, 6) is 0. The zero-order valence-electron chi connectivity index (χ0n) is 17.0. The molecule has 0 heterocycles. The molecule has 0 aromatic carbocycles. The van der Waals surface area contributed by atoms with Gasteiger partial charge in [-0.3, -0.25) is 0 Å². The van der Waals surface area contributed by atoms with Gasteiger partial charge in [0, 0.05) is 0 Å². The monoisotopic (exact) mass is 334 g/mol. The van der Waals surface area contributed by atoms with Crippen LogP contribution < -0.4 is 0 Å². The third kappa shape index (κ3) is 21.5. The largest absolute Gasteiger partial charge is 0.0885 e. The summed E-state index contributed by atoms with van der Waals surface area (Å²) in [5, 5.41) is 0. The minimum Gasteiger partial charge on any atom is -0.0885 e. The van der Waals surface area contributed by atoms with Crippen LogP contribution in [-0.4, -0.2) is 0 Å². The molecule has 0 atom stereocenters. The van der Waals surface area contributed by atoms with Crippen LogP contribution in [0.1, 0.15) is 129 Å². The van der Waals surface area contributed by atoms with E-state index >= 15 is 0 Å². The van der Waals surface area contributed by atoms with Crippen molar-refractivity contribution >= 4 is 0 Å². The standard InChI is InChI=1S/C24H46/c1-3-5-7-9-11-13-15-17-19-21-23-24-22-20-18-16-14-12-10-8-6-4-2/h11-14H,3-10,15-24H2,1-2H3. The Morgan fingerprint density at radius 2 is 0.583 bits per heavy atom. The molecular formula is C24H46. The lowest BCUT2D eigenvalue weighted by atomic mass is 10.1.